The van der Waals surface area contributed by atoms with Crippen molar-refractivity contribution < 1.29 is 28.9 Å². The third-order valence-corrected chi connectivity index (χ3v) is 9.60. The zero-order valence-electron chi connectivity index (χ0n) is 31.9. The van der Waals surface area contributed by atoms with Gasteiger partial charge in [-0.2, -0.15) is 0 Å². The van der Waals surface area contributed by atoms with Gasteiger partial charge in [0.1, 0.15) is 19.3 Å². The smallest absolute Gasteiger partial charge is 0.305 e. The van der Waals surface area contributed by atoms with Crippen LogP contribution in [0.2, 0.25) is 0 Å². The summed E-state index contributed by atoms with van der Waals surface area (Å²) in [6, 6.07) is 0. The fourth-order valence-corrected chi connectivity index (χ4v) is 6.34. The summed E-state index contributed by atoms with van der Waals surface area (Å²) in [5, 5.41) is 10.0. The second kappa shape index (κ2) is 32.8. The number of aliphatic hydroxyl groups excluding tert-OH is 1. The molecule has 3 atom stereocenters. The Balaban J connectivity index is 1.80. The molecule has 48 heavy (non-hydrogen) atoms. The molecule has 0 spiro atoms. The number of rotatable bonds is 36. The highest BCUT2D eigenvalue weighted by Gasteiger charge is 2.36. The second-order valence-corrected chi connectivity index (χ2v) is 15.0. The summed E-state index contributed by atoms with van der Waals surface area (Å²) in [5.74, 6) is 0.275. The summed E-state index contributed by atoms with van der Waals surface area (Å²) in [7, 11) is 0. The molecule has 0 amide bonds. The van der Waals surface area contributed by atoms with Crippen molar-refractivity contribution in [3.05, 3.63) is 12.2 Å². The van der Waals surface area contributed by atoms with E-state index in [9.17, 15) is 14.7 Å². The fraction of sp³-hybridized carbons (Fsp3) is 0.905. The average Bonchev–Trinajstić information content (AvgIpc) is 3.82. The number of carbonyl (C=O) groups excluding carboxylic acids is 2. The van der Waals surface area contributed by atoms with Crippen LogP contribution < -0.4 is 0 Å². The predicted molar refractivity (Wildman–Crippen MR) is 200 cm³/mol. The third-order valence-electron chi connectivity index (χ3n) is 9.60. The minimum Gasteiger partial charge on any atom is -0.463 e. The molecule has 6 nitrogen and oxygen atoms in total. The normalized spacial score (nSPS) is 16.5. The number of carbonyl (C=O) groups is 2. The molecule has 1 aliphatic rings. The van der Waals surface area contributed by atoms with Crippen LogP contribution in [0.5, 0.6) is 0 Å². The van der Waals surface area contributed by atoms with Crippen molar-refractivity contribution in [2.24, 2.45) is 5.92 Å². The predicted octanol–water partition coefficient (Wildman–Crippen LogP) is 11.7. The van der Waals surface area contributed by atoms with E-state index in [1.165, 1.54) is 116 Å². The number of ether oxygens (including phenoxy) is 3. The van der Waals surface area contributed by atoms with Crippen molar-refractivity contribution in [2.45, 2.75) is 225 Å². The number of epoxide rings is 1. The lowest BCUT2D eigenvalue weighted by molar-refractivity contribution is -0.152. The Bertz CT molecular complexity index is 765. The van der Waals surface area contributed by atoms with Crippen molar-refractivity contribution in [3.63, 3.8) is 0 Å². The molecule has 0 aromatic heterocycles. The number of aliphatic hydroxyl groups is 1. The molecule has 2 unspecified atom stereocenters. The molecule has 0 radical (unpaired) electrons. The Morgan fingerprint density at radius 2 is 1.06 bits per heavy atom. The number of unbranched alkanes of at least 4 members (excludes halogenated alkanes) is 21. The van der Waals surface area contributed by atoms with Gasteiger partial charge in [0.15, 0.2) is 0 Å². The molecule has 0 saturated carbocycles. The second-order valence-electron chi connectivity index (χ2n) is 15.0. The summed E-state index contributed by atoms with van der Waals surface area (Å²) in [6.07, 6.45) is 38.6. The van der Waals surface area contributed by atoms with Crippen molar-refractivity contribution in [2.75, 3.05) is 13.2 Å². The third kappa shape index (κ3) is 30.6. The Labute approximate surface area is 296 Å². The molecular weight excluding hydrogens is 600 g/mol. The maximum absolute atomic E-state index is 12.0. The lowest BCUT2D eigenvalue weighted by atomic mass is 10.0. The Morgan fingerprint density at radius 3 is 1.54 bits per heavy atom. The minimum atomic E-state index is -0.970. The van der Waals surface area contributed by atoms with Crippen LogP contribution >= 0.6 is 0 Å². The minimum absolute atomic E-state index is 0.120. The molecule has 0 bridgehead atoms. The monoisotopic (exact) mass is 679 g/mol. The van der Waals surface area contributed by atoms with E-state index in [1.807, 2.05) is 0 Å². The van der Waals surface area contributed by atoms with Gasteiger partial charge in [-0.25, -0.2) is 0 Å². The van der Waals surface area contributed by atoms with Crippen LogP contribution in [0.3, 0.4) is 0 Å². The quantitative estimate of drug-likeness (QED) is 0.0307. The summed E-state index contributed by atoms with van der Waals surface area (Å²) in [5.41, 5.74) is 0. The molecule has 1 heterocycles. The first-order valence-corrected chi connectivity index (χ1v) is 20.7. The molecule has 0 aromatic carbocycles. The summed E-state index contributed by atoms with van der Waals surface area (Å²) in [6.45, 7) is 6.63. The first kappa shape index (κ1) is 44.6. The van der Waals surface area contributed by atoms with E-state index in [-0.39, 0.29) is 25.2 Å². The average molecular weight is 679 g/mol. The van der Waals surface area contributed by atoms with E-state index >= 15 is 0 Å². The number of hydrogen-bond donors (Lipinski definition) is 1. The van der Waals surface area contributed by atoms with Crippen molar-refractivity contribution >= 4 is 11.9 Å². The van der Waals surface area contributed by atoms with E-state index in [2.05, 4.69) is 32.9 Å². The van der Waals surface area contributed by atoms with Gasteiger partial charge in [0.25, 0.3) is 0 Å². The van der Waals surface area contributed by atoms with Crippen LogP contribution in [-0.4, -0.2) is 48.6 Å². The highest BCUT2D eigenvalue weighted by molar-refractivity contribution is 5.69. The van der Waals surface area contributed by atoms with Crippen molar-refractivity contribution in [3.8, 4) is 0 Å². The van der Waals surface area contributed by atoms with E-state index < -0.39 is 6.10 Å². The van der Waals surface area contributed by atoms with Gasteiger partial charge in [-0.15, -0.1) is 0 Å². The largest absolute Gasteiger partial charge is 0.463 e. The van der Waals surface area contributed by atoms with Crippen LogP contribution in [0.4, 0.5) is 0 Å². The first-order chi connectivity index (χ1) is 23.4. The zero-order chi connectivity index (χ0) is 34.9. The van der Waals surface area contributed by atoms with E-state index in [4.69, 9.17) is 14.2 Å². The van der Waals surface area contributed by atoms with E-state index in [1.54, 1.807) is 0 Å². The molecular formula is C42H78O6. The zero-order valence-corrected chi connectivity index (χ0v) is 31.9. The maximum atomic E-state index is 12.0. The van der Waals surface area contributed by atoms with Crippen LogP contribution in [0.1, 0.15) is 207 Å². The van der Waals surface area contributed by atoms with Crippen LogP contribution in [0.15, 0.2) is 12.2 Å². The molecule has 0 aliphatic carbocycles. The van der Waals surface area contributed by atoms with Crippen molar-refractivity contribution in [1.29, 1.82) is 0 Å². The van der Waals surface area contributed by atoms with Gasteiger partial charge in [-0.05, 0) is 44.4 Å². The number of allylic oxidation sites excluding steroid dienone is 1. The van der Waals surface area contributed by atoms with Gasteiger partial charge in [0.05, 0.1) is 12.2 Å². The molecule has 1 N–H and O–H groups in total. The lowest BCUT2D eigenvalue weighted by Crippen LogP contribution is -2.25. The molecule has 0 aromatic rings. The van der Waals surface area contributed by atoms with Crippen molar-refractivity contribution in [1.82, 2.24) is 0 Å². The van der Waals surface area contributed by atoms with Gasteiger partial charge < -0.3 is 19.3 Å². The number of esters is 2. The fourth-order valence-electron chi connectivity index (χ4n) is 6.34. The van der Waals surface area contributed by atoms with Gasteiger partial charge in [0.2, 0.25) is 0 Å². The Kier molecular flexibility index (Phi) is 30.5. The van der Waals surface area contributed by atoms with Crippen LogP contribution in [-0.2, 0) is 23.8 Å². The highest BCUT2D eigenvalue weighted by atomic mass is 16.6. The lowest BCUT2D eigenvalue weighted by Gasteiger charge is -2.12. The van der Waals surface area contributed by atoms with Gasteiger partial charge in [-0.1, -0.05) is 168 Å². The molecule has 282 valence electrons. The SMILES string of the molecule is CCCCC/C=C\CC1OC1CCCCCCCC(=O)OC[C@@H](O)COC(=O)CCCCCCCCCCCCCCCCCC(C)C. The number of hydrogen-bond acceptors (Lipinski definition) is 6. The van der Waals surface area contributed by atoms with Crippen LogP contribution in [0, 0.1) is 5.92 Å². The highest BCUT2D eigenvalue weighted by Crippen LogP contribution is 2.30. The van der Waals surface area contributed by atoms with E-state index in [0.29, 0.717) is 25.0 Å². The van der Waals surface area contributed by atoms with Gasteiger partial charge in [0, 0.05) is 12.8 Å². The Hall–Kier alpha value is -1.40. The van der Waals surface area contributed by atoms with E-state index in [0.717, 1.165) is 63.7 Å². The van der Waals surface area contributed by atoms with Crippen LogP contribution in [0.25, 0.3) is 0 Å². The molecule has 6 heteroatoms. The molecule has 1 fully saturated rings. The van der Waals surface area contributed by atoms with Gasteiger partial charge in [-0.3, -0.25) is 9.59 Å². The van der Waals surface area contributed by atoms with Gasteiger partial charge >= 0.3 is 11.9 Å². The maximum Gasteiger partial charge on any atom is 0.305 e. The Morgan fingerprint density at radius 1 is 0.604 bits per heavy atom. The summed E-state index contributed by atoms with van der Waals surface area (Å²) >= 11 is 0. The summed E-state index contributed by atoms with van der Waals surface area (Å²) in [4.78, 5) is 24.0. The molecule has 1 saturated heterocycles. The first-order valence-electron chi connectivity index (χ1n) is 20.7. The molecule has 1 rings (SSSR count). The topological polar surface area (TPSA) is 85.4 Å². The molecule has 1 aliphatic heterocycles. The summed E-state index contributed by atoms with van der Waals surface area (Å²) < 4.78 is 16.1. The standard InChI is InChI=1S/C42H78O6/c1-4-5-6-7-21-26-31-39-40(48-39)32-27-22-19-24-29-34-42(45)47-36-38(43)35-46-41(44)33-28-23-18-16-14-12-10-8-9-11-13-15-17-20-25-30-37(2)3/h21,26,37-40,43H,4-20,22-25,27-36H2,1-3H3/b26-21-/t38-,39?,40?/m0/s1.